The van der Waals surface area contributed by atoms with Gasteiger partial charge < -0.3 is 10.1 Å². The largest absolute Gasteiger partial charge is 0.386 e. The summed E-state index contributed by atoms with van der Waals surface area (Å²) in [5.74, 6) is 0. The summed E-state index contributed by atoms with van der Waals surface area (Å²) < 4.78 is 5.85. The molecule has 2 aliphatic rings. The Morgan fingerprint density at radius 1 is 1.41 bits per heavy atom. The summed E-state index contributed by atoms with van der Waals surface area (Å²) in [5.41, 5.74) is 4.31. The first-order chi connectivity index (χ1) is 8.38. The molecule has 0 aromatic heterocycles. The highest BCUT2D eigenvalue weighted by molar-refractivity contribution is 5.43. The number of fused-ring (bicyclic) bond motifs is 1. The quantitative estimate of drug-likeness (QED) is 0.797. The highest BCUT2D eigenvalue weighted by atomic mass is 16.5. The van der Waals surface area contributed by atoms with Crippen LogP contribution in [-0.2, 0) is 11.2 Å². The molecule has 0 saturated carbocycles. The molecule has 0 amide bonds. The smallest absolute Gasteiger partial charge is 0.122 e. The van der Waals surface area contributed by atoms with Gasteiger partial charge >= 0.3 is 0 Å². The minimum Gasteiger partial charge on any atom is -0.386 e. The average molecular weight is 226 g/mol. The third-order valence-electron chi connectivity index (χ3n) is 3.33. The lowest BCUT2D eigenvalue weighted by Gasteiger charge is -2.27. The zero-order valence-electron chi connectivity index (χ0n) is 9.57. The van der Waals surface area contributed by atoms with Gasteiger partial charge in [0.25, 0.3) is 0 Å². The number of ether oxygens (including phenoxy) is 1. The Bertz CT molecular complexity index is 513. The third-order valence-corrected chi connectivity index (χ3v) is 3.33. The molecule has 0 unspecified atom stereocenters. The lowest BCUT2D eigenvalue weighted by atomic mass is 9.94. The summed E-state index contributed by atoms with van der Waals surface area (Å²) in [6.07, 6.45) is 4.18. The number of nitriles is 1. The first kappa shape index (κ1) is 10.4. The van der Waals surface area contributed by atoms with Crippen molar-refractivity contribution in [3.8, 4) is 6.07 Å². The zero-order valence-corrected chi connectivity index (χ0v) is 9.57. The Hall–Kier alpha value is -1.79. The van der Waals surface area contributed by atoms with Gasteiger partial charge in [-0.3, -0.25) is 0 Å². The van der Waals surface area contributed by atoms with Gasteiger partial charge in [0.1, 0.15) is 6.10 Å². The molecule has 0 bridgehead atoms. The highest BCUT2D eigenvalue weighted by Crippen LogP contribution is 2.33. The summed E-state index contributed by atoms with van der Waals surface area (Å²) >= 11 is 0. The molecule has 1 N–H and O–H groups in total. The van der Waals surface area contributed by atoms with Crippen molar-refractivity contribution < 1.29 is 4.74 Å². The summed E-state index contributed by atoms with van der Waals surface area (Å²) in [7, 11) is 0. The van der Waals surface area contributed by atoms with Crippen molar-refractivity contribution in [1.82, 2.24) is 5.32 Å². The number of hydrogen-bond donors (Lipinski definition) is 1. The molecule has 0 radical (unpaired) electrons. The molecule has 0 spiro atoms. The van der Waals surface area contributed by atoms with Crippen LogP contribution in [0.25, 0.3) is 0 Å². The summed E-state index contributed by atoms with van der Waals surface area (Å²) in [6.45, 7) is 1.74. The van der Waals surface area contributed by atoms with Gasteiger partial charge in [-0.1, -0.05) is 12.1 Å². The zero-order chi connectivity index (χ0) is 11.7. The van der Waals surface area contributed by atoms with Gasteiger partial charge in [-0.25, -0.2) is 0 Å². The standard InChI is InChI=1S/C14H14N2O/c15-9-10-3-4-11-5-7-17-14(12(11)8-10)13-2-1-6-16-13/h2-4,8,14,16H,1,5-7H2/t14-/m1/s1. The molecule has 2 heterocycles. The Kier molecular flexibility index (Phi) is 2.58. The number of nitrogens with one attached hydrogen (secondary N) is 1. The van der Waals surface area contributed by atoms with Crippen LogP contribution >= 0.6 is 0 Å². The van der Waals surface area contributed by atoms with E-state index in [4.69, 9.17) is 10.00 Å². The van der Waals surface area contributed by atoms with E-state index in [1.807, 2.05) is 12.1 Å². The molecule has 0 saturated heterocycles. The fourth-order valence-corrected chi connectivity index (χ4v) is 2.49. The molecule has 86 valence electrons. The van der Waals surface area contributed by atoms with Crippen LogP contribution in [0.1, 0.15) is 29.2 Å². The van der Waals surface area contributed by atoms with Gasteiger partial charge in [0.15, 0.2) is 0 Å². The van der Waals surface area contributed by atoms with Crippen LogP contribution in [0.5, 0.6) is 0 Å². The summed E-state index contributed by atoms with van der Waals surface area (Å²) in [6, 6.07) is 8.09. The van der Waals surface area contributed by atoms with Crippen molar-refractivity contribution >= 4 is 0 Å². The highest BCUT2D eigenvalue weighted by Gasteiger charge is 2.25. The third kappa shape index (κ3) is 1.81. The lowest BCUT2D eigenvalue weighted by Crippen LogP contribution is -2.23. The second-order valence-electron chi connectivity index (χ2n) is 4.40. The fraction of sp³-hybridized carbons (Fsp3) is 0.357. The van der Waals surface area contributed by atoms with Gasteiger partial charge in [0, 0.05) is 12.2 Å². The van der Waals surface area contributed by atoms with Crippen LogP contribution in [0, 0.1) is 11.3 Å². The predicted octanol–water partition coefficient (Wildman–Crippen LogP) is 2.05. The maximum Gasteiger partial charge on any atom is 0.122 e. The molecular weight excluding hydrogens is 212 g/mol. The molecule has 2 aliphatic heterocycles. The van der Waals surface area contributed by atoms with Crippen LogP contribution in [0.3, 0.4) is 0 Å². The van der Waals surface area contributed by atoms with E-state index in [1.54, 1.807) is 0 Å². The minimum absolute atomic E-state index is 0.00505. The molecular formula is C14H14N2O. The second-order valence-corrected chi connectivity index (χ2v) is 4.40. The molecule has 0 aliphatic carbocycles. The van der Waals surface area contributed by atoms with E-state index in [9.17, 15) is 0 Å². The summed E-state index contributed by atoms with van der Waals surface area (Å²) in [5, 5.41) is 12.3. The van der Waals surface area contributed by atoms with Gasteiger partial charge in [-0.05, 0) is 36.1 Å². The molecule has 1 atom stereocenters. The van der Waals surface area contributed by atoms with Crippen LogP contribution in [-0.4, -0.2) is 13.2 Å². The van der Waals surface area contributed by atoms with Crippen molar-refractivity contribution in [2.45, 2.75) is 18.9 Å². The van der Waals surface area contributed by atoms with Crippen molar-refractivity contribution in [1.29, 1.82) is 5.26 Å². The van der Waals surface area contributed by atoms with E-state index in [1.165, 1.54) is 5.56 Å². The average Bonchev–Trinajstić information content (AvgIpc) is 2.91. The Morgan fingerprint density at radius 3 is 3.12 bits per heavy atom. The van der Waals surface area contributed by atoms with Crippen LogP contribution in [0.15, 0.2) is 30.0 Å². The van der Waals surface area contributed by atoms with E-state index < -0.39 is 0 Å². The Labute approximate surface area is 101 Å². The topological polar surface area (TPSA) is 45.0 Å². The predicted molar refractivity (Wildman–Crippen MR) is 64.3 cm³/mol. The van der Waals surface area contributed by atoms with Crippen LogP contribution in [0.2, 0.25) is 0 Å². The van der Waals surface area contributed by atoms with Crippen LogP contribution in [0.4, 0.5) is 0 Å². The van der Waals surface area contributed by atoms with Gasteiger partial charge in [0.2, 0.25) is 0 Å². The molecule has 17 heavy (non-hydrogen) atoms. The SMILES string of the molecule is N#Cc1ccc2c(c1)[C@H](C1=CCCN1)OCC2. The first-order valence-electron chi connectivity index (χ1n) is 5.97. The second kappa shape index (κ2) is 4.23. The number of nitrogens with zero attached hydrogens (tertiary/aromatic N) is 1. The fourth-order valence-electron chi connectivity index (χ4n) is 2.49. The number of benzene rings is 1. The normalized spacial score (nSPS) is 22.3. The lowest BCUT2D eigenvalue weighted by molar-refractivity contribution is 0.0636. The van der Waals surface area contributed by atoms with Crippen LogP contribution < -0.4 is 5.32 Å². The Balaban J connectivity index is 2.03. The molecule has 0 fully saturated rings. The van der Waals surface area contributed by atoms with E-state index in [-0.39, 0.29) is 6.10 Å². The van der Waals surface area contributed by atoms with Gasteiger partial charge in [-0.15, -0.1) is 0 Å². The van der Waals surface area contributed by atoms with E-state index >= 15 is 0 Å². The molecule has 3 rings (SSSR count). The Morgan fingerprint density at radius 2 is 2.35 bits per heavy atom. The first-order valence-corrected chi connectivity index (χ1v) is 5.97. The van der Waals surface area contributed by atoms with Crippen molar-refractivity contribution in [3.05, 3.63) is 46.7 Å². The summed E-state index contributed by atoms with van der Waals surface area (Å²) in [4.78, 5) is 0. The van der Waals surface area contributed by atoms with Crippen molar-refractivity contribution in [2.24, 2.45) is 0 Å². The molecule has 1 aromatic rings. The van der Waals surface area contributed by atoms with E-state index in [0.717, 1.165) is 37.3 Å². The van der Waals surface area contributed by atoms with Crippen molar-refractivity contribution in [3.63, 3.8) is 0 Å². The van der Waals surface area contributed by atoms with E-state index in [2.05, 4.69) is 23.5 Å². The van der Waals surface area contributed by atoms with E-state index in [0.29, 0.717) is 5.56 Å². The molecule has 1 aromatic carbocycles. The number of rotatable bonds is 1. The maximum absolute atomic E-state index is 8.97. The molecule has 3 heteroatoms. The maximum atomic E-state index is 8.97. The molecule has 3 nitrogen and oxygen atoms in total. The van der Waals surface area contributed by atoms with Gasteiger partial charge in [0.05, 0.1) is 18.2 Å². The monoisotopic (exact) mass is 226 g/mol. The van der Waals surface area contributed by atoms with Gasteiger partial charge in [-0.2, -0.15) is 5.26 Å². The van der Waals surface area contributed by atoms with Crippen molar-refractivity contribution in [2.75, 3.05) is 13.2 Å². The number of hydrogen-bond acceptors (Lipinski definition) is 3. The minimum atomic E-state index is -0.00505.